The van der Waals surface area contributed by atoms with E-state index < -0.39 is 0 Å². The van der Waals surface area contributed by atoms with Gasteiger partial charge in [-0.2, -0.15) is 0 Å². The van der Waals surface area contributed by atoms with Gasteiger partial charge in [-0.25, -0.2) is 0 Å². The maximum absolute atomic E-state index is 11.7. The molecule has 0 saturated heterocycles. The summed E-state index contributed by atoms with van der Waals surface area (Å²) in [7, 11) is 0. The second-order valence-corrected chi connectivity index (χ2v) is 4.85. The standard InChI is InChI=1S/C14H20N2O2/c1-10(9-15)2-5-14(17)16-12-3-4-13-11(8-12)6-7-18-13/h3-4,8,10H,2,5-7,9,15H2,1H3,(H,16,17). The Morgan fingerprint density at radius 1 is 1.56 bits per heavy atom. The van der Waals surface area contributed by atoms with Gasteiger partial charge in [0.05, 0.1) is 6.61 Å². The molecule has 4 nitrogen and oxygen atoms in total. The van der Waals surface area contributed by atoms with Gasteiger partial charge in [0.1, 0.15) is 5.75 Å². The first kappa shape index (κ1) is 12.9. The van der Waals surface area contributed by atoms with Gasteiger partial charge in [-0.05, 0) is 42.6 Å². The largest absolute Gasteiger partial charge is 0.493 e. The van der Waals surface area contributed by atoms with Crippen molar-refractivity contribution in [2.75, 3.05) is 18.5 Å². The van der Waals surface area contributed by atoms with Crippen LogP contribution in [0.2, 0.25) is 0 Å². The maximum Gasteiger partial charge on any atom is 0.224 e. The van der Waals surface area contributed by atoms with Crippen LogP contribution in [0.25, 0.3) is 0 Å². The summed E-state index contributed by atoms with van der Waals surface area (Å²) >= 11 is 0. The highest BCUT2D eigenvalue weighted by atomic mass is 16.5. The fourth-order valence-electron chi connectivity index (χ4n) is 1.98. The number of nitrogens with one attached hydrogen (secondary N) is 1. The van der Waals surface area contributed by atoms with Crippen molar-refractivity contribution in [2.24, 2.45) is 11.7 Å². The molecule has 4 heteroatoms. The number of amides is 1. The Hall–Kier alpha value is -1.55. The first-order valence-electron chi connectivity index (χ1n) is 6.44. The minimum atomic E-state index is 0.0502. The van der Waals surface area contributed by atoms with Crippen molar-refractivity contribution >= 4 is 11.6 Å². The van der Waals surface area contributed by atoms with E-state index in [4.69, 9.17) is 10.5 Å². The molecule has 0 bridgehead atoms. The lowest BCUT2D eigenvalue weighted by Gasteiger charge is -2.09. The molecule has 0 saturated carbocycles. The number of fused-ring (bicyclic) bond motifs is 1. The average molecular weight is 248 g/mol. The molecule has 1 amide bonds. The summed E-state index contributed by atoms with van der Waals surface area (Å²) in [4.78, 5) is 11.7. The molecule has 98 valence electrons. The van der Waals surface area contributed by atoms with Crippen LogP contribution in [0.15, 0.2) is 18.2 Å². The van der Waals surface area contributed by atoms with E-state index in [1.807, 2.05) is 18.2 Å². The molecule has 2 rings (SSSR count). The van der Waals surface area contributed by atoms with Gasteiger partial charge in [0.2, 0.25) is 5.91 Å². The lowest BCUT2D eigenvalue weighted by molar-refractivity contribution is -0.116. The number of benzene rings is 1. The number of anilines is 1. The van der Waals surface area contributed by atoms with Crippen LogP contribution in [0.4, 0.5) is 5.69 Å². The van der Waals surface area contributed by atoms with E-state index in [-0.39, 0.29) is 5.91 Å². The van der Waals surface area contributed by atoms with Crippen molar-refractivity contribution < 1.29 is 9.53 Å². The second kappa shape index (κ2) is 5.87. The van der Waals surface area contributed by atoms with E-state index in [0.717, 1.165) is 30.9 Å². The summed E-state index contributed by atoms with van der Waals surface area (Å²) in [5.74, 6) is 1.38. The number of hydrogen-bond donors (Lipinski definition) is 2. The Bertz CT molecular complexity index is 432. The molecule has 0 aliphatic carbocycles. The van der Waals surface area contributed by atoms with Crippen molar-refractivity contribution in [1.29, 1.82) is 0 Å². The molecule has 1 aromatic rings. The lowest BCUT2D eigenvalue weighted by atomic mass is 10.1. The van der Waals surface area contributed by atoms with Crippen molar-refractivity contribution in [2.45, 2.75) is 26.2 Å². The monoisotopic (exact) mass is 248 g/mol. The summed E-state index contributed by atoms with van der Waals surface area (Å²) in [5.41, 5.74) is 7.55. The molecule has 3 N–H and O–H groups in total. The molecule has 0 fully saturated rings. The molecule has 0 radical (unpaired) electrons. The van der Waals surface area contributed by atoms with Crippen LogP contribution in [-0.2, 0) is 11.2 Å². The third kappa shape index (κ3) is 3.23. The SMILES string of the molecule is CC(CN)CCC(=O)Nc1ccc2c(c1)CCO2. The van der Waals surface area contributed by atoms with Gasteiger partial charge < -0.3 is 15.8 Å². The van der Waals surface area contributed by atoms with Gasteiger partial charge in [0.15, 0.2) is 0 Å². The number of rotatable bonds is 5. The summed E-state index contributed by atoms with van der Waals surface area (Å²) < 4.78 is 5.43. The first-order chi connectivity index (χ1) is 8.69. The third-order valence-corrected chi connectivity index (χ3v) is 3.24. The Kier molecular flexibility index (Phi) is 4.20. The van der Waals surface area contributed by atoms with Crippen LogP contribution in [0.5, 0.6) is 5.75 Å². The molecular formula is C14H20N2O2. The Morgan fingerprint density at radius 2 is 2.39 bits per heavy atom. The maximum atomic E-state index is 11.7. The quantitative estimate of drug-likeness (QED) is 0.837. The number of nitrogens with two attached hydrogens (primary N) is 1. The molecule has 0 aromatic heterocycles. The molecule has 1 atom stereocenters. The van der Waals surface area contributed by atoms with Crippen LogP contribution < -0.4 is 15.8 Å². The smallest absolute Gasteiger partial charge is 0.224 e. The Morgan fingerprint density at radius 3 is 3.17 bits per heavy atom. The zero-order valence-corrected chi connectivity index (χ0v) is 10.7. The fraction of sp³-hybridized carbons (Fsp3) is 0.500. The number of carbonyl (C=O) groups is 1. The highest BCUT2D eigenvalue weighted by Crippen LogP contribution is 2.27. The molecule has 0 spiro atoms. The van der Waals surface area contributed by atoms with Gasteiger partial charge in [-0.3, -0.25) is 4.79 Å². The second-order valence-electron chi connectivity index (χ2n) is 4.85. The van der Waals surface area contributed by atoms with Gasteiger partial charge in [-0.15, -0.1) is 0 Å². The molecular weight excluding hydrogens is 228 g/mol. The third-order valence-electron chi connectivity index (χ3n) is 3.24. The van der Waals surface area contributed by atoms with E-state index in [2.05, 4.69) is 12.2 Å². The van der Waals surface area contributed by atoms with Gasteiger partial charge in [0, 0.05) is 18.5 Å². The van der Waals surface area contributed by atoms with E-state index in [1.54, 1.807) is 0 Å². The van der Waals surface area contributed by atoms with Crippen molar-refractivity contribution in [3.05, 3.63) is 23.8 Å². The summed E-state index contributed by atoms with van der Waals surface area (Å²) in [6.07, 6.45) is 2.27. The molecule has 1 aliphatic heterocycles. The number of carbonyl (C=O) groups excluding carboxylic acids is 1. The summed E-state index contributed by atoms with van der Waals surface area (Å²) in [6, 6.07) is 5.79. The molecule has 1 aromatic carbocycles. The topological polar surface area (TPSA) is 64.4 Å². The van der Waals surface area contributed by atoms with E-state index in [1.165, 1.54) is 5.56 Å². The molecule has 1 aliphatic rings. The normalized spacial score (nSPS) is 14.8. The summed E-state index contributed by atoms with van der Waals surface area (Å²) in [6.45, 7) is 3.42. The van der Waals surface area contributed by atoms with Crippen molar-refractivity contribution in [1.82, 2.24) is 0 Å². The van der Waals surface area contributed by atoms with Crippen molar-refractivity contribution in [3.8, 4) is 5.75 Å². The van der Waals surface area contributed by atoms with Gasteiger partial charge >= 0.3 is 0 Å². The van der Waals surface area contributed by atoms with Crippen LogP contribution in [0, 0.1) is 5.92 Å². The molecule has 1 unspecified atom stereocenters. The van der Waals surface area contributed by atoms with E-state index in [0.29, 0.717) is 18.9 Å². The van der Waals surface area contributed by atoms with Crippen LogP contribution in [0.3, 0.4) is 0 Å². The summed E-state index contributed by atoms with van der Waals surface area (Å²) in [5, 5.41) is 2.92. The lowest BCUT2D eigenvalue weighted by Crippen LogP contribution is -2.16. The fourth-order valence-corrected chi connectivity index (χ4v) is 1.98. The van der Waals surface area contributed by atoms with Gasteiger partial charge in [0.25, 0.3) is 0 Å². The molecule has 1 heterocycles. The van der Waals surface area contributed by atoms with Crippen molar-refractivity contribution in [3.63, 3.8) is 0 Å². The average Bonchev–Trinajstić information content (AvgIpc) is 2.83. The number of hydrogen-bond acceptors (Lipinski definition) is 3. The van der Waals surface area contributed by atoms with E-state index >= 15 is 0 Å². The van der Waals surface area contributed by atoms with Crippen LogP contribution >= 0.6 is 0 Å². The highest BCUT2D eigenvalue weighted by molar-refractivity contribution is 5.90. The predicted molar refractivity (Wildman–Crippen MR) is 71.7 cm³/mol. The molecule has 18 heavy (non-hydrogen) atoms. The predicted octanol–water partition coefficient (Wildman–Crippen LogP) is 1.93. The van der Waals surface area contributed by atoms with Crippen LogP contribution in [-0.4, -0.2) is 19.1 Å². The zero-order valence-electron chi connectivity index (χ0n) is 10.7. The Labute approximate surface area is 108 Å². The minimum Gasteiger partial charge on any atom is -0.493 e. The first-order valence-corrected chi connectivity index (χ1v) is 6.44. The van der Waals surface area contributed by atoms with E-state index in [9.17, 15) is 4.79 Å². The Balaban J connectivity index is 1.87. The minimum absolute atomic E-state index is 0.0502. The highest BCUT2D eigenvalue weighted by Gasteiger charge is 2.13. The van der Waals surface area contributed by atoms with Gasteiger partial charge in [-0.1, -0.05) is 6.92 Å². The number of ether oxygens (including phenoxy) is 1. The zero-order chi connectivity index (χ0) is 13.0. The van der Waals surface area contributed by atoms with Crippen LogP contribution in [0.1, 0.15) is 25.3 Å².